The van der Waals surface area contributed by atoms with Gasteiger partial charge in [-0.3, -0.25) is 9.69 Å². The molecule has 0 fully saturated rings. The molecular formula is C12H20N2O. The van der Waals surface area contributed by atoms with Gasteiger partial charge in [0.05, 0.1) is 0 Å². The molecule has 1 N–H and O–H groups in total. The van der Waals surface area contributed by atoms with Crippen molar-refractivity contribution >= 4 is 5.91 Å². The van der Waals surface area contributed by atoms with Crippen molar-refractivity contribution in [3.63, 3.8) is 0 Å². The maximum Gasteiger partial charge on any atom is 0.243 e. The van der Waals surface area contributed by atoms with Gasteiger partial charge in [-0.2, -0.15) is 0 Å². The Morgan fingerprint density at radius 2 is 1.80 bits per heavy atom. The number of carbonyl (C=O) groups is 1. The third-order valence-electron chi connectivity index (χ3n) is 1.91. The first kappa shape index (κ1) is 13.7. The van der Waals surface area contributed by atoms with Crippen LogP contribution in [0.1, 0.15) is 6.42 Å². The van der Waals surface area contributed by atoms with Gasteiger partial charge >= 0.3 is 0 Å². The summed E-state index contributed by atoms with van der Waals surface area (Å²) in [6.07, 6.45) is 5.93. The molecular weight excluding hydrogens is 188 g/mol. The zero-order chi connectivity index (χ0) is 11.5. The average Bonchev–Trinajstić information content (AvgIpc) is 2.24. The maximum atomic E-state index is 10.8. The first-order chi connectivity index (χ1) is 7.24. The summed E-state index contributed by atoms with van der Waals surface area (Å²) in [4.78, 5) is 13.0. The zero-order valence-corrected chi connectivity index (χ0v) is 9.24. The topological polar surface area (TPSA) is 32.3 Å². The number of carbonyl (C=O) groups excluding carboxylic acids is 1. The molecule has 3 heteroatoms. The van der Waals surface area contributed by atoms with Crippen LogP contribution in [0.25, 0.3) is 0 Å². The van der Waals surface area contributed by atoms with Crippen molar-refractivity contribution < 1.29 is 4.79 Å². The summed E-state index contributed by atoms with van der Waals surface area (Å²) in [5.41, 5.74) is 0. The fraction of sp³-hybridized carbons (Fsp3) is 0.417. The molecule has 0 spiro atoms. The fourth-order valence-electron chi connectivity index (χ4n) is 1.21. The minimum absolute atomic E-state index is 0.117. The molecule has 0 aliphatic carbocycles. The monoisotopic (exact) mass is 208 g/mol. The Labute approximate surface area is 92.2 Å². The van der Waals surface area contributed by atoms with E-state index in [0.717, 1.165) is 26.1 Å². The molecule has 0 aliphatic heterocycles. The van der Waals surface area contributed by atoms with E-state index < -0.39 is 0 Å². The Bertz CT molecular complexity index is 214. The van der Waals surface area contributed by atoms with E-state index in [1.165, 1.54) is 6.08 Å². The lowest BCUT2D eigenvalue weighted by molar-refractivity contribution is -0.116. The van der Waals surface area contributed by atoms with Crippen LogP contribution in [0.4, 0.5) is 0 Å². The van der Waals surface area contributed by atoms with Gasteiger partial charge in [0.25, 0.3) is 0 Å². The first-order valence-corrected chi connectivity index (χ1v) is 5.09. The number of hydrogen-bond acceptors (Lipinski definition) is 2. The molecule has 0 saturated carbocycles. The van der Waals surface area contributed by atoms with Crippen LogP contribution in [-0.2, 0) is 4.79 Å². The summed E-state index contributed by atoms with van der Waals surface area (Å²) in [5, 5.41) is 2.74. The average molecular weight is 208 g/mol. The summed E-state index contributed by atoms with van der Waals surface area (Å²) in [7, 11) is 0. The number of hydrogen-bond donors (Lipinski definition) is 1. The van der Waals surface area contributed by atoms with Crippen molar-refractivity contribution in [2.45, 2.75) is 6.42 Å². The van der Waals surface area contributed by atoms with Crippen LogP contribution in [-0.4, -0.2) is 37.0 Å². The molecule has 0 atom stereocenters. The molecule has 0 aromatic rings. The highest BCUT2D eigenvalue weighted by Gasteiger charge is 2.00. The van der Waals surface area contributed by atoms with E-state index in [0.29, 0.717) is 6.54 Å². The van der Waals surface area contributed by atoms with E-state index in [1.807, 2.05) is 12.2 Å². The van der Waals surface area contributed by atoms with E-state index in [2.05, 4.69) is 30.0 Å². The van der Waals surface area contributed by atoms with Gasteiger partial charge in [0.15, 0.2) is 0 Å². The lowest BCUT2D eigenvalue weighted by Gasteiger charge is -2.18. The molecule has 3 nitrogen and oxygen atoms in total. The number of rotatable bonds is 9. The molecule has 0 aliphatic rings. The van der Waals surface area contributed by atoms with Crippen LogP contribution in [0.2, 0.25) is 0 Å². The van der Waals surface area contributed by atoms with E-state index >= 15 is 0 Å². The normalized spacial score (nSPS) is 9.67. The van der Waals surface area contributed by atoms with Crippen LogP contribution < -0.4 is 5.32 Å². The molecule has 0 heterocycles. The SMILES string of the molecule is C=CCN(CC=C)CCCNC(=O)C=C. The third-order valence-corrected chi connectivity index (χ3v) is 1.91. The second-order valence-electron chi connectivity index (χ2n) is 3.19. The van der Waals surface area contributed by atoms with Crippen LogP contribution in [0.3, 0.4) is 0 Å². The highest BCUT2D eigenvalue weighted by atomic mass is 16.1. The van der Waals surface area contributed by atoms with Crippen molar-refractivity contribution in [1.29, 1.82) is 0 Å². The van der Waals surface area contributed by atoms with Gasteiger partial charge in [-0.15, -0.1) is 13.2 Å². The molecule has 15 heavy (non-hydrogen) atoms. The van der Waals surface area contributed by atoms with Gasteiger partial charge in [-0.25, -0.2) is 0 Å². The standard InChI is InChI=1S/C12H20N2O/c1-4-9-14(10-5-2)11-7-8-13-12(15)6-3/h4-6H,1-3,7-11H2,(H,13,15). The first-order valence-electron chi connectivity index (χ1n) is 5.09. The van der Waals surface area contributed by atoms with E-state index in [-0.39, 0.29) is 5.91 Å². The molecule has 0 rings (SSSR count). The van der Waals surface area contributed by atoms with Crippen molar-refractivity contribution in [2.24, 2.45) is 0 Å². The summed E-state index contributed by atoms with van der Waals surface area (Å²) in [5.74, 6) is -0.117. The summed E-state index contributed by atoms with van der Waals surface area (Å²) < 4.78 is 0. The molecule has 0 aromatic heterocycles. The number of nitrogens with one attached hydrogen (secondary N) is 1. The minimum atomic E-state index is -0.117. The van der Waals surface area contributed by atoms with Crippen LogP contribution in [0.15, 0.2) is 38.0 Å². The van der Waals surface area contributed by atoms with Crippen molar-refractivity contribution in [2.75, 3.05) is 26.2 Å². The van der Waals surface area contributed by atoms with Crippen LogP contribution >= 0.6 is 0 Å². The van der Waals surface area contributed by atoms with Crippen LogP contribution in [0, 0.1) is 0 Å². The molecule has 0 unspecified atom stereocenters. The number of nitrogens with zero attached hydrogens (tertiary/aromatic N) is 1. The van der Waals surface area contributed by atoms with E-state index in [1.54, 1.807) is 0 Å². The number of amides is 1. The largest absolute Gasteiger partial charge is 0.353 e. The summed E-state index contributed by atoms with van der Waals surface area (Å²) >= 11 is 0. The summed E-state index contributed by atoms with van der Waals surface area (Å²) in [6.45, 7) is 14.1. The Morgan fingerprint density at radius 3 is 2.27 bits per heavy atom. The molecule has 1 amide bonds. The highest BCUT2D eigenvalue weighted by molar-refractivity contribution is 5.86. The summed E-state index contributed by atoms with van der Waals surface area (Å²) in [6, 6.07) is 0. The Morgan fingerprint density at radius 1 is 1.20 bits per heavy atom. The van der Waals surface area contributed by atoms with E-state index in [4.69, 9.17) is 0 Å². The van der Waals surface area contributed by atoms with E-state index in [9.17, 15) is 4.79 Å². The van der Waals surface area contributed by atoms with Gasteiger partial charge in [-0.1, -0.05) is 18.7 Å². The highest BCUT2D eigenvalue weighted by Crippen LogP contribution is 1.91. The molecule has 0 aromatic carbocycles. The lowest BCUT2D eigenvalue weighted by Crippen LogP contribution is -2.29. The zero-order valence-electron chi connectivity index (χ0n) is 9.24. The molecule has 0 bridgehead atoms. The molecule has 0 saturated heterocycles. The van der Waals surface area contributed by atoms with Crippen molar-refractivity contribution in [3.05, 3.63) is 38.0 Å². The van der Waals surface area contributed by atoms with Gasteiger partial charge < -0.3 is 5.32 Å². The second kappa shape index (κ2) is 9.21. The van der Waals surface area contributed by atoms with Gasteiger partial charge in [0, 0.05) is 26.2 Å². The van der Waals surface area contributed by atoms with Crippen LogP contribution in [0.5, 0.6) is 0 Å². The van der Waals surface area contributed by atoms with Gasteiger partial charge in [-0.05, 0) is 12.5 Å². The maximum absolute atomic E-state index is 10.8. The Hall–Kier alpha value is -1.35. The van der Waals surface area contributed by atoms with Crippen molar-refractivity contribution in [1.82, 2.24) is 10.2 Å². The predicted octanol–water partition coefficient (Wildman–Crippen LogP) is 1.35. The molecule has 0 radical (unpaired) electrons. The Kier molecular flexibility index (Phi) is 8.39. The van der Waals surface area contributed by atoms with Gasteiger partial charge in [0.1, 0.15) is 0 Å². The van der Waals surface area contributed by atoms with Crippen molar-refractivity contribution in [3.8, 4) is 0 Å². The fourth-order valence-corrected chi connectivity index (χ4v) is 1.21. The van der Waals surface area contributed by atoms with Gasteiger partial charge in [0.2, 0.25) is 5.91 Å². The Balaban J connectivity index is 3.60. The second-order valence-corrected chi connectivity index (χ2v) is 3.19. The third kappa shape index (κ3) is 7.70. The smallest absolute Gasteiger partial charge is 0.243 e. The quantitative estimate of drug-likeness (QED) is 0.352. The minimum Gasteiger partial charge on any atom is -0.353 e. The molecule has 84 valence electrons. The lowest BCUT2D eigenvalue weighted by atomic mass is 10.3. The predicted molar refractivity (Wildman–Crippen MR) is 64.7 cm³/mol.